The lowest BCUT2D eigenvalue weighted by molar-refractivity contribution is 0.231. The molecule has 0 fully saturated rings. The van der Waals surface area contributed by atoms with Crippen molar-refractivity contribution in [2.75, 3.05) is 23.9 Å². The van der Waals surface area contributed by atoms with Gasteiger partial charge < -0.3 is 15.8 Å². The maximum atomic E-state index is 13.7. The lowest BCUT2D eigenvalue weighted by Crippen LogP contribution is -2.11. The van der Waals surface area contributed by atoms with E-state index in [1.807, 2.05) is 25.6 Å². The maximum absolute atomic E-state index is 13.7. The Balaban J connectivity index is 2.71. The molecule has 0 amide bonds. The van der Waals surface area contributed by atoms with E-state index in [1.165, 1.54) is 6.07 Å². The summed E-state index contributed by atoms with van der Waals surface area (Å²) in [5, 5.41) is 3.82. The van der Waals surface area contributed by atoms with Crippen LogP contribution in [-0.2, 0) is 0 Å². The van der Waals surface area contributed by atoms with E-state index in [1.54, 1.807) is 6.07 Å². The second-order valence-corrected chi connectivity index (χ2v) is 6.07. The first-order valence-corrected chi connectivity index (χ1v) is 7.75. The molecule has 0 saturated carbocycles. The quantitative estimate of drug-likeness (QED) is 0.749. The Morgan fingerprint density at radius 2 is 2.05 bits per heavy atom. The summed E-state index contributed by atoms with van der Waals surface area (Å²) >= 11 is 1.82. The van der Waals surface area contributed by atoms with E-state index < -0.39 is 5.82 Å². The molecule has 1 aromatic rings. The summed E-state index contributed by atoms with van der Waals surface area (Å²) in [6, 6.07) is 2.94. The fraction of sp³-hybridized carbons (Fsp3) is 0.571. The van der Waals surface area contributed by atoms with Gasteiger partial charge in [0.25, 0.3) is 0 Å². The Labute approximate surface area is 119 Å². The van der Waals surface area contributed by atoms with Crippen molar-refractivity contribution in [3.8, 4) is 5.75 Å². The molecule has 0 bridgehead atoms. The van der Waals surface area contributed by atoms with E-state index in [2.05, 4.69) is 18.5 Å². The van der Waals surface area contributed by atoms with E-state index >= 15 is 0 Å². The smallest absolute Gasteiger partial charge is 0.167 e. The van der Waals surface area contributed by atoms with Gasteiger partial charge in [-0.2, -0.15) is 11.8 Å². The number of nitrogens with one attached hydrogen (secondary N) is 1. The lowest BCUT2D eigenvalue weighted by atomic mass is 10.2. The third-order valence-corrected chi connectivity index (χ3v) is 3.78. The van der Waals surface area contributed by atoms with Crippen molar-refractivity contribution in [3.05, 3.63) is 17.9 Å². The summed E-state index contributed by atoms with van der Waals surface area (Å²) in [7, 11) is 0. The SMILES string of the molecule is CSC(C)CCNc1cc(OC(C)C)c(F)cc1N. The number of halogens is 1. The van der Waals surface area contributed by atoms with Crippen molar-refractivity contribution in [1.82, 2.24) is 0 Å². The van der Waals surface area contributed by atoms with Gasteiger partial charge in [-0.25, -0.2) is 4.39 Å². The standard InChI is InChI=1S/C14H23FN2OS/c1-9(2)18-14-8-13(12(16)7-11(14)15)17-6-5-10(3)19-4/h7-10,17H,5-6,16H2,1-4H3. The average molecular weight is 286 g/mol. The Kier molecular flexibility index (Phi) is 6.28. The van der Waals surface area contributed by atoms with Gasteiger partial charge in [0, 0.05) is 23.9 Å². The third kappa shape index (κ3) is 5.19. The molecule has 0 aliphatic carbocycles. The molecular formula is C14H23FN2OS. The molecule has 0 aliphatic heterocycles. The molecule has 3 N–H and O–H groups in total. The Morgan fingerprint density at radius 3 is 2.63 bits per heavy atom. The van der Waals surface area contributed by atoms with Gasteiger partial charge in [0.05, 0.1) is 17.5 Å². The lowest BCUT2D eigenvalue weighted by Gasteiger charge is -2.16. The first kappa shape index (κ1) is 16.0. The van der Waals surface area contributed by atoms with E-state index in [9.17, 15) is 4.39 Å². The highest BCUT2D eigenvalue weighted by Crippen LogP contribution is 2.29. The van der Waals surface area contributed by atoms with Gasteiger partial charge in [-0.1, -0.05) is 6.92 Å². The van der Waals surface area contributed by atoms with E-state index in [4.69, 9.17) is 10.5 Å². The largest absolute Gasteiger partial charge is 0.488 e. The summed E-state index contributed by atoms with van der Waals surface area (Å²) in [4.78, 5) is 0. The van der Waals surface area contributed by atoms with Crippen molar-refractivity contribution < 1.29 is 9.13 Å². The molecule has 3 nitrogen and oxygen atoms in total. The molecule has 5 heteroatoms. The van der Waals surface area contributed by atoms with Gasteiger partial charge in [-0.05, 0) is 26.5 Å². The number of anilines is 2. The Bertz CT molecular complexity index is 413. The van der Waals surface area contributed by atoms with Crippen LogP contribution in [0.1, 0.15) is 27.2 Å². The molecule has 0 spiro atoms. The van der Waals surface area contributed by atoms with Gasteiger partial charge in [0.2, 0.25) is 0 Å². The van der Waals surface area contributed by atoms with Crippen LogP contribution in [0.25, 0.3) is 0 Å². The predicted octanol–water partition coefficient (Wildman–Crippen LogP) is 3.75. The van der Waals surface area contributed by atoms with Gasteiger partial charge in [0.1, 0.15) is 0 Å². The molecule has 0 aromatic heterocycles. The fourth-order valence-corrected chi connectivity index (χ4v) is 1.95. The molecule has 108 valence electrons. The van der Waals surface area contributed by atoms with Crippen LogP contribution in [0.15, 0.2) is 12.1 Å². The second-order valence-electron chi connectivity index (χ2n) is 4.80. The van der Waals surface area contributed by atoms with Crippen molar-refractivity contribution in [2.24, 2.45) is 0 Å². The minimum atomic E-state index is -0.422. The predicted molar refractivity (Wildman–Crippen MR) is 82.7 cm³/mol. The van der Waals surface area contributed by atoms with Crippen molar-refractivity contribution >= 4 is 23.1 Å². The number of rotatable bonds is 7. The average Bonchev–Trinajstić information content (AvgIpc) is 2.33. The Hall–Kier alpha value is -1.10. The first-order valence-electron chi connectivity index (χ1n) is 6.46. The number of benzene rings is 1. The van der Waals surface area contributed by atoms with Crippen LogP contribution in [0, 0.1) is 5.82 Å². The third-order valence-electron chi connectivity index (χ3n) is 2.74. The number of thioether (sulfide) groups is 1. The highest BCUT2D eigenvalue weighted by atomic mass is 32.2. The van der Waals surface area contributed by atoms with Crippen molar-refractivity contribution in [1.29, 1.82) is 0 Å². The van der Waals surface area contributed by atoms with Crippen LogP contribution < -0.4 is 15.8 Å². The topological polar surface area (TPSA) is 47.3 Å². The van der Waals surface area contributed by atoms with Crippen molar-refractivity contribution in [2.45, 2.75) is 38.5 Å². The summed E-state index contributed by atoms with van der Waals surface area (Å²) in [6.07, 6.45) is 3.05. The van der Waals surface area contributed by atoms with E-state index in [0.29, 0.717) is 10.9 Å². The second kappa shape index (κ2) is 7.48. The molecule has 1 aromatic carbocycles. The number of hydrogen-bond donors (Lipinski definition) is 2. The number of nitrogens with two attached hydrogens (primary N) is 1. The van der Waals surface area contributed by atoms with Crippen molar-refractivity contribution in [3.63, 3.8) is 0 Å². The van der Waals surface area contributed by atoms with Crippen LogP contribution in [0.5, 0.6) is 5.75 Å². The minimum absolute atomic E-state index is 0.0671. The summed E-state index contributed by atoms with van der Waals surface area (Å²) in [5.74, 6) is -0.182. The van der Waals surface area contributed by atoms with Crippen LogP contribution in [0.4, 0.5) is 15.8 Å². The van der Waals surface area contributed by atoms with E-state index in [0.717, 1.165) is 18.7 Å². The molecular weight excluding hydrogens is 263 g/mol. The van der Waals surface area contributed by atoms with Crippen LogP contribution >= 0.6 is 11.8 Å². The molecule has 1 rings (SSSR count). The zero-order valence-electron chi connectivity index (χ0n) is 12.0. The van der Waals surface area contributed by atoms with Gasteiger partial charge >= 0.3 is 0 Å². The van der Waals surface area contributed by atoms with E-state index in [-0.39, 0.29) is 11.9 Å². The van der Waals surface area contributed by atoms with Gasteiger partial charge in [-0.3, -0.25) is 0 Å². The molecule has 1 atom stereocenters. The summed E-state index contributed by atoms with van der Waals surface area (Å²) in [5.41, 5.74) is 6.94. The monoisotopic (exact) mass is 286 g/mol. The number of ether oxygens (including phenoxy) is 1. The number of hydrogen-bond acceptors (Lipinski definition) is 4. The molecule has 0 heterocycles. The molecule has 0 radical (unpaired) electrons. The highest BCUT2D eigenvalue weighted by molar-refractivity contribution is 7.99. The highest BCUT2D eigenvalue weighted by Gasteiger charge is 2.10. The van der Waals surface area contributed by atoms with Crippen LogP contribution in [0.3, 0.4) is 0 Å². The molecule has 0 saturated heterocycles. The zero-order valence-corrected chi connectivity index (χ0v) is 12.8. The maximum Gasteiger partial charge on any atom is 0.167 e. The van der Waals surface area contributed by atoms with Crippen LogP contribution in [0.2, 0.25) is 0 Å². The summed E-state index contributed by atoms with van der Waals surface area (Å²) < 4.78 is 19.1. The Morgan fingerprint density at radius 1 is 1.37 bits per heavy atom. The minimum Gasteiger partial charge on any atom is -0.488 e. The van der Waals surface area contributed by atoms with Crippen LogP contribution in [-0.4, -0.2) is 24.2 Å². The summed E-state index contributed by atoms with van der Waals surface area (Å²) in [6.45, 7) is 6.71. The molecule has 1 unspecified atom stereocenters. The van der Waals surface area contributed by atoms with Gasteiger partial charge in [0.15, 0.2) is 11.6 Å². The molecule has 0 aliphatic rings. The first-order chi connectivity index (χ1) is 8.93. The fourth-order valence-electron chi connectivity index (χ4n) is 1.59. The normalized spacial score (nSPS) is 12.5. The zero-order chi connectivity index (χ0) is 14.4. The molecule has 19 heavy (non-hydrogen) atoms. The number of nitrogen functional groups attached to an aromatic ring is 1. The van der Waals surface area contributed by atoms with Gasteiger partial charge in [-0.15, -0.1) is 0 Å².